The lowest BCUT2D eigenvalue weighted by Crippen LogP contribution is -2.32. The number of halogens is 3. The molecule has 4 aromatic heterocycles. The molecule has 31 heavy (non-hydrogen) atoms. The SMILES string of the molecule is O=C(N[C@H]1CCCn2nc(-c3ccnc(C(F)(F)F)c3)cc21)c1ccc2ccnn2c1. The fourth-order valence-electron chi connectivity index (χ4n) is 3.81. The number of amides is 1. The van der Waals surface area contributed by atoms with Crippen molar-refractivity contribution in [1.29, 1.82) is 0 Å². The maximum atomic E-state index is 13.0. The molecule has 0 spiro atoms. The minimum atomic E-state index is -4.53. The molecule has 0 saturated carbocycles. The first-order valence-electron chi connectivity index (χ1n) is 9.74. The van der Waals surface area contributed by atoms with E-state index in [4.69, 9.17) is 0 Å². The Labute approximate surface area is 174 Å². The van der Waals surface area contributed by atoms with Gasteiger partial charge in [-0.15, -0.1) is 0 Å². The summed E-state index contributed by atoms with van der Waals surface area (Å²) in [6.45, 7) is 0.637. The minimum Gasteiger partial charge on any atom is -0.344 e. The summed E-state index contributed by atoms with van der Waals surface area (Å²) in [6, 6.07) is 9.31. The van der Waals surface area contributed by atoms with Crippen molar-refractivity contribution < 1.29 is 18.0 Å². The van der Waals surface area contributed by atoms with E-state index >= 15 is 0 Å². The molecule has 0 unspecified atom stereocenters. The van der Waals surface area contributed by atoms with Crippen LogP contribution in [0.2, 0.25) is 0 Å². The van der Waals surface area contributed by atoms with Crippen LogP contribution in [-0.2, 0) is 12.7 Å². The highest BCUT2D eigenvalue weighted by Gasteiger charge is 2.33. The van der Waals surface area contributed by atoms with Crippen LogP contribution >= 0.6 is 0 Å². The molecule has 0 aromatic carbocycles. The number of hydrogen-bond donors (Lipinski definition) is 1. The van der Waals surface area contributed by atoms with E-state index in [2.05, 4.69) is 20.5 Å². The second kappa shape index (κ2) is 7.22. The number of nitrogens with zero attached hydrogens (tertiary/aromatic N) is 5. The molecule has 1 amide bonds. The van der Waals surface area contributed by atoms with Gasteiger partial charge in [-0.05, 0) is 49.2 Å². The van der Waals surface area contributed by atoms with Crippen LogP contribution in [-0.4, -0.2) is 30.3 Å². The third-order valence-electron chi connectivity index (χ3n) is 5.34. The summed E-state index contributed by atoms with van der Waals surface area (Å²) in [4.78, 5) is 16.2. The molecular weight excluding hydrogens is 409 g/mol. The van der Waals surface area contributed by atoms with E-state index in [0.717, 1.165) is 29.9 Å². The summed E-state index contributed by atoms with van der Waals surface area (Å²) in [5, 5.41) is 11.6. The van der Waals surface area contributed by atoms with Gasteiger partial charge in [0.1, 0.15) is 5.69 Å². The van der Waals surface area contributed by atoms with E-state index in [-0.39, 0.29) is 11.9 Å². The smallest absolute Gasteiger partial charge is 0.344 e. The molecule has 5 heterocycles. The van der Waals surface area contributed by atoms with Crippen molar-refractivity contribution in [3.8, 4) is 11.3 Å². The Bertz CT molecular complexity index is 1280. The maximum Gasteiger partial charge on any atom is 0.433 e. The normalized spacial score (nSPS) is 16.3. The molecule has 10 heteroatoms. The molecule has 1 aliphatic rings. The van der Waals surface area contributed by atoms with Gasteiger partial charge in [0.2, 0.25) is 0 Å². The highest BCUT2D eigenvalue weighted by molar-refractivity contribution is 5.94. The van der Waals surface area contributed by atoms with Crippen LogP contribution in [0.25, 0.3) is 16.8 Å². The predicted molar refractivity (Wildman–Crippen MR) is 105 cm³/mol. The van der Waals surface area contributed by atoms with Crippen LogP contribution < -0.4 is 5.32 Å². The van der Waals surface area contributed by atoms with Crippen molar-refractivity contribution in [2.75, 3.05) is 0 Å². The molecule has 158 valence electrons. The molecule has 1 N–H and O–H groups in total. The minimum absolute atomic E-state index is 0.248. The Balaban J connectivity index is 1.41. The van der Waals surface area contributed by atoms with Gasteiger partial charge in [-0.2, -0.15) is 23.4 Å². The third kappa shape index (κ3) is 3.65. The zero-order valence-electron chi connectivity index (χ0n) is 16.2. The van der Waals surface area contributed by atoms with E-state index < -0.39 is 11.9 Å². The first kappa shape index (κ1) is 19.3. The molecule has 0 fully saturated rings. The summed E-state index contributed by atoms with van der Waals surface area (Å²) in [7, 11) is 0. The van der Waals surface area contributed by atoms with E-state index in [0.29, 0.717) is 29.8 Å². The summed E-state index contributed by atoms with van der Waals surface area (Å²) in [6.07, 6.45) is 1.42. The standard InChI is InChI=1S/C21H17F3N6O/c22-21(23,24)19-10-13(5-7-25-19)17-11-18-16(2-1-9-29(18)28-17)27-20(31)14-3-4-15-6-8-26-30(15)12-14/h3-8,10-12,16H,1-2,9H2,(H,27,31)/t16-/m0/s1. The van der Waals surface area contributed by atoms with Gasteiger partial charge in [0.05, 0.1) is 28.5 Å². The first-order valence-corrected chi connectivity index (χ1v) is 9.74. The zero-order chi connectivity index (χ0) is 21.6. The number of alkyl halides is 3. The van der Waals surface area contributed by atoms with Crippen molar-refractivity contribution in [3.05, 3.63) is 71.9 Å². The fourth-order valence-corrected chi connectivity index (χ4v) is 3.81. The van der Waals surface area contributed by atoms with Crippen LogP contribution in [0.1, 0.15) is 40.6 Å². The Kier molecular flexibility index (Phi) is 4.49. The van der Waals surface area contributed by atoms with Gasteiger partial charge in [-0.3, -0.25) is 14.5 Å². The van der Waals surface area contributed by atoms with Gasteiger partial charge >= 0.3 is 6.18 Å². The van der Waals surface area contributed by atoms with Gasteiger partial charge < -0.3 is 5.32 Å². The summed E-state index contributed by atoms with van der Waals surface area (Å²) >= 11 is 0. The monoisotopic (exact) mass is 426 g/mol. The number of aromatic nitrogens is 5. The van der Waals surface area contributed by atoms with Crippen LogP contribution in [0.3, 0.4) is 0 Å². The van der Waals surface area contributed by atoms with Gasteiger partial charge in [0.15, 0.2) is 0 Å². The van der Waals surface area contributed by atoms with Gasteiger partial charge in [0.25, 0.3) is 5.91 Å². The first-order chi connectivity index (χ1) is 14.9. The zero-order valence-corrected chi connectivity index (χ0v) is 16.2. The molecule has 0 radical (unpaired) electrons. The number of carbonyl (C=O) groups excluding carboxylic acids is 1. The van der Waals surface area contributed by atoms with E-state index in [1.807, 2.05) is 12.1 Å². The lowest BCUT2D eigenvalue weighted by Gasteiger charge is -2.24. The molecular formula is C21H17F3N6O. The van der Waals surface area contributed by atoms with E-state index in [1.165, 1.54) is 6.07 Å². The Morgan fingerprint density at radius 2 is 2.00 bits per heavy atom. The second-order valence-electron chi connectivity index (χ2n) is 7.39. The fraction of sp³-hybridized carbons (Fsp3) is 0.238. The van der Waals surface area contributed by atoms with Crippen LogP contribution in [0.5, 0.6) is 0 Å². The van der Waals surface area contributed by atoms with Crippen LogP contribution in [0, 0.1) is 0 Å². The maximum absolute atomic E-state index is 13.0. The number of aryl methyl sites for hydroxylation is 1. The number of pyridine rings is 2. The third-order valence-corrected chi connectivity index (χ3v) is 5.34. The van der Waals surface area contributed by atoms with Crippen molar-refractivity contribution in [2.45, 2.75) is 31.6 Å². The number of rotatable bonds is 3. The number of hydrogen-bond acceptors (Lipinski definition) is 4. The molecule has 0 aliphatic carbocycles. The Morgan fingerprint density at radius 1 is 1.13 bits per heavy atom. The summed E-state index contributed by atoms with van der Waals surface area (Å²) in [5.74, 6) is -0.248. The van der Waals surface area contributed by atoms with E-state index in [9.17, 15) is 18.0 Å². The highest BCUT2D eigenvalue weighted by atomic mass is 19.4. The number of carbonyl (C=O) groups is 1. The van der Waals surface area contributed by atoms with Crippen molar-refractivity contribution in [3.63, 3.8) is 0 Å². The average molecular weight is 426 g/mol. The van der Waals surface area contributed by atoms with Crippen LogP contribution in [0.15, 0.2) is 55.0 Å². The van der Waals surface area contributed by atoms with E-state index in [1.54, 1.807) is 33.7 Å². The van der Waals surface area contributed by atoms with Gasteiger partial charge in [-0.1, -0.05) is 0 Å². The average Bonchev–Trinajstić information content (AvgIpc) is 3.40. The summed E-state index contributed by atoms with van der Waals surface area (Å²) in [5.41, 5.74) is 1.90. The van der Waals surface area contributed by atoms with Crippen molar-refractivity contribution >= 4 is 11.4 Å². The highest BCUT2D eigenvalue weighted by Crippen LogP contribution is 2.32. The Morgan fingerprint density at radius 3 is 2.84 bits per heavy atom. The summed E-state index contributed by atoms with van der Waals surface area (Å²) < 4.78 is 42.4. The van der Waals surface area contributed by atoms with Gasteiger partial charge in [0, 0.05) is 30.7 Å². The quantitative estimate of drug-likeness (QED) is 0.540. The predicted octanol–water partition coefficient (Wildman–Crippen LogP) is 3.88. The molecule has 0 saturated heterocycles. The number of nitrogens with one attached hydrogen (secondary N) is 1. The lowest BCUT2D eigenvalue weighted by molar-refractivity contribution is -0.141. The molecule has 0 bridgehead atoms. The molecule has 1 atom stereocenters. The van der Waals surface area contributed by atoms with Crippen molar-refractivity contribution in [1.82, 2.24) is 29.7 Å². The second-order valence-corrected chi connectivity index (χ2v) is 7.39. The Hall–Kier alpha value is -3.69. The topological polar surface area (TPSA) is 77.1 Å². The molecule has 7 nitrogen and oxygen atoms in total. The van der Waals surface area contributed by atoms with Crippen LogP contribution in [0.4, 0.5) is 13.2 Å². The molecule has 1 aliphatic heterocycles. The number of fused-ring (bicyclic) bond motifs is 2. The van der Waals surface area contributed by atoms with Crippen molar-refractivity contribution in [2.24, 2.45) is 0 Å². The molecule has 4 aromatic rings. The molecule has 5 rings (SSSR count). The largest absolute Gasteiger partial charge is 0.433 e. The van der Waals surface area contributed by atoms with Gasteiger partial charge in [-0.25, -0.2) is 4.52 Å². The lowest BCUT2D eigenvalue weighted by atomic mass is 10.0.